The maximum atomic E-state index is 11.4. The van der Waals surface area contributed by atoms with E-state index in [1.54, 1.807) is 0 Å². The van der Waals surface area contributed by atoms with E-state index in [1.807, 2.05) is 20.8 Å². The summed E-state index contributed by atoms with van der Waals surface area (Å²) in [7, 11) is 0. The number of ether oxygens (including phenoxy) is 1. The van der Waals surface area contributed by atoms with E-state index in [0.717, 1.165) is 6.42 Å². The molecule has 100 valence electrons. The van der Waals surface area contributed by atoms with Crippen LogP contribution >= 0.6 is 0 Å². The maximum Gasteiger partial charge on any atom is 0.407 e. The average molecular weight is 243 g/mol. The summed E-state index contributed by atoms with van der Waals surface area (Å²) in [4.78, 5) is 11.4. The predicted molar refractivity (Wildman–Crippen MR) is 66.8 cm³/mol. The molecule has 0 aromatic carbocycles. The number of alkyl carbamates (subject to hydrolysis) is 1. The third kappa shape index (κ3) is 6.51. The normalized spacial score (nSPS) is 19.1. The number of carbonyl (C=O) groups excluding carboxylic acids is 1. The van der Waals surface area contributed by atoms with Crippen LogP contribution in [0, 0.1) is 5.92 Å². The summed E-state index contributed by atoms with van der Waals surface area (Å²) in [5.41, 5.74) is -0.486. The van der Waals surface area contributed by atoms with Gasteiger partial charge in [0.25, 0.3) is 0 Å². The van der Waals surface area contributed by atoms with Crippen LogP contribution in [0.25, 0.3) is 0 Å². The molecule has 1 unspecified atom stereocenters. The SMILES string of the molecule is CC(C)(C)OC(=O)NCC(O)CC1CCCC1. The van der Waals surface area contributed by atoms with Crippen molar-refractivity contribution in [1.29, 1.82) is 0 Å². The van der Waals surface area contributed by atoms with Crippen LogP contribution in [0.1, 0.15) is 52.9 Å². The number of hydrogen-bond acceptors (Lipinski definition) is 3. The Morgan fingerprint density at radius 2 is 2.00 bits per heavy atom. The molecule has 0 saturated heterocycles. The lowest BCUT2D eigenvalue weighted by molar-refractivity contribution is 0.0480. The third-order valence-electron chi connectivity index (χ3n) is 2.96. The Morgan fingerprint density at radius 1 is 1.41 bits per heavy atom. The van der Waals surface area contributed by atoms with E-state index in [4.69, 9.17) is 4.74 Å². The zero-order valence-corrected chi connectivity index (χ0v) is 11.2. The van der Waals surface area contributed by atoms with Crippen molar-refractivity contribution in [3.05, 3.63) is 0 Å². The van der Waals surface area contributed by atoms with Gasteiger partial charge in [-0.15, -0.1) is 0 Å². The van der Waals surface area contributed by atoms with Crippen LogP contribution in [0.2, 0.25) is 0 Å². The fraction of sp³-hybridized carbons (Fsp3) is 0.923. The molecule has 0 aromatic heterocycles. The number of carbonyl (C=O) groups is 1. The van der Waals surface area contributed by atoms with Crippen LogP contribution in [0.4, 0.5) is 4.79 Å². The largest absolute Gasteiger partial charge is 0.444 e. The van der Waals surface area contributed by atoms with Gasteiger partial charge in [0.05, 0.1) is 6.10 Å². The van der Waals surface area contributed by atoms with E-state index in [-0.39, 0.29) is 6.54 Å². The first-order chi connectivity index (χ1) is 7.87. The van der Waals surface area contributed by atoms with E-state index < -0.39 is 17.8 Å². The van der Waals surface area contributed by atoms with Crippen molar-refractivity contribution in [2.24, 2.45) is 5.92 Å². The molecule has 0 spiro atoms. The molecule has 0 aliphatic heterocycles. The Kier molecular flexibility index (Phi) is 5.25. The zero-order valence-electron chi connectivity index (χ0n) is 11.2. The van der Waals surface area contributed by atoms with Gasteiger partial charge < -0.3 is 15.2 Å². The molecule has 1 amide bonds. The molecule has 1 aliphatic carbocycles. The molecule has 0 radical (unpaired) electrons. The summed E-state index contributed by atoms with van der Waals surface area (Å²) in [6.45, 7) is 5.75. The fourth-order valence-electron chi connectivity index (χ4n) is 2.23. The first-order valence-corrected chi connectivity index (χ1v) is 6.52. The standard InChI is InChI=1S/C13H25NO3/c1-13(2,3)17-12(16)14-9-11(15)8-10-6-4-5-7-10/h10-11,15H,4-9H2,1-3H3,(H,14,16). The number of aliphatic hydroxyl groups excluding tert-OH is 1. The zero-order chi connectivity index (χ0) is 12.9. The Bertz CT molecular complexity index is 242. The molecule has 1 saturated carbocycles. The second-order valence-corrected chi connectivity index (χ2v) is 5.92. The lowest BCUT2D eigenvalue weighted by Crippen LogP contribution is -2.37. The highest BCUT2D eigenvalue weighted by Crippen LogP contribution is 2.28. The van der Waals surface area contributed by atoms with Gasteiger partial charge in [-0.05, 0) is 33.1 Å². The molecule has 1 aliphatic rings. The van der Waals surface area contributed by atoms with Gasteiger partial charge in [0.2, 0.25) is 0 Å². The van der Waals surface area contributed by atoms with E-state index >= 15 is 0 Å². The smallest absolute Gasteiger partial charge is 0.407 e. The topological polar surface area (TPSA) is 58.6 Å². The van der Waals surface area contributed by atoms with Gasteiger partial charge in [-0.3, -0.25) is 0 Å². The number of aliphatic hydroxyl groups is 1. The molecule has 17 heavy (non-hydrogen) atoms. The van der Waals surface area contributed by atoms with E-state index in [2.05, 4.69) is 5.32 Å². The predicted octanol–water partition coefficient (Wildman–Crippen LogP) is 2.45. The summed E-state index contributed by atoms with van der Waals surface area (Å²) in [5, 5.41) is 12.4. The summed E-state index contributed by atoms with van der Waals surface area (Å²) in [6.07, 6.45) is 4.85. The summed E-state index contributed by atoms with van der Waals surface area (Å²) >= 11 is 0. The van der Waals surface area contributed by atoms with Crippen LogP contribution in [-0.4, -0.2) is 29.4 Å². The lowest BCUT2D eigenvalue weighted by atomic mass is 10.0. The van der Waals surface area contributed by atoms with Gasteiger partial charge >= 0.3 is 6.09 Å². The molecule has 1 atom stereocenters. The number of rotatable bonds is 4. The summed E-state index contributed by atoms with van der Waals surface area (Å²) in [5.74, 6) is 0.630. The highest BCUT2D eigenvalue weighted by molar-refractivity contribution is 5.67. The molecule has 0 heterocycles. The first kappa shape index (κ1) is 14.3. The van der Waals surface area contributed by atoms with Crippen LogP contribution in [0.15, 0.2) is 0 Å². The second-order valence-electron chi connectivity index (χ2n) is 5.92. The summed E-state index contributed by atoms with van der Waals surface area (Å²) in [6, 6.07) is 0. The maximum absolute atomic E-state index is 11.4. The van der Waals surface area contributed by atoms with Crippen LogP contribution in [0.3, 0.4) is 0 Å². The van der Waals surface area contributed by atoms with E-state index in [9.17, 15) is 9.90 Å². The molecule has 2 N–H and O–H groups in total. The quantitative estimate of drug-likeness (QED) is 0.797. The molecular weight excluding hydrogens is 218 g/mol. The molecule has 0 aromatic rings. The highest BCUT2D eigenvalue weighted by atomic mass is 16.6. The monoisotopic (exact) mass is 243 g/mol. The minimum atomic E-state index is -0.486. The lowest BCUT2D eigenvalue weighted by Gasteiger charge is -2.21. The highest BCUT2D eigenvalue weighted by Gasteiger charge is 2.20. The van der Waals surface area contributed by atoms with Gasteiger partial charge in [0, 0.05) is 6.54 Å². The van der Waals surface area contributed by atoms with Crippen LogP contribution in [-0.2, 0) is 4.74 Å². The Hall–Kier alpha value is -0.770. The van der Waals surface area contributed by atoms with Crippen molar-refractivity contribution in [1.82, 2.24) is 5.32 Å². The van der Waals surface area contributed by atoms with E-state index in [1.165, 1.54) is 25.7 Å². The first-order valence-electron chi connectivity index (χ1n) is 6.52. The fourth-order valence-corrected chi connectivity index (χ4v) is 2.23. The number of hydrogen-bond donors (Lipinski definition) is 2. The minimum Gasteiger partial charge on any atom is -0.444 e. The molecule has 1 rings (SSSR count). The van der Waals surface area contributed by atoms with Gasteiger partial charge in [0.1, 0.15) is 5.60 Å². The van der Waals surface area contributed by atoms with Gasteiger partial charge in [-0.2, -0.15) is 0 Å². The van der Waals surface area contributed by atoms with Crippen molar-refractivity contribution in [3.63, 3.8) is 0 Å². The second kappa shape index (κ2) is 6.24. The molecule has 0 bridgehead atoms. The summed E-state index contributed by atoms with van der Waals surface area (Å²) < 4.78 is 5.10. The van der Waals surface area contributed by atoms with Gasteiger partial charge in [0.15, 0.2) is 0 Å². The van der Waals surface area contributed by atoms with Crippen LogP contribution < -0.4 is 5.32 Å². The molecule has 1 fully saturated rings. The van der Waals surface area contributed by atoms with Crippen molar-refractivity contribution in [2.75, 3.05) is 6.54 Å². The average Bonchev–Trinajstić information content (AvgIpc) is 2.64. The van der Waals surface area contributed by atoms with Crippen molar-refractivity contribution in [3.8, 4) is 0 Å². The van der Waals surface area contributed by atoms with Gasteiger partial charge in [-0.25, -0.2) is 4.79 Å². The Balaban J connectivity index is 2.14. The Labute approximate surface area is 104 Å². The number of nitrogens with one attached hydrogen (secondary N) is 1. The van der Waals surface area contributed by atoms with E-state index in [0.29, 0.717) is 5.92 Å². The molecule has 4 heteroatoms. The minimum absolute atomic E-state index is 0.283. The van der Waals surface area contributed by atoms with Crippen molar-refractivity contribution in [2.45, 2.75) is 64.6 Å². The third-order valence-corrected chi connectivity index (χ3v) is 2.96. The van der Waals surface area contributed by atoms with Crippen LogP contribution in [0.5, 0.6) is 0 Å². The molecule has 4 nitrogen and oxygen atoms in total. The van der Waals surface area contributed by atoms with Gasteiger partial charge in [-0.1, -0.05) is 25.7 Å². The number of amides is 1. The Morgan fingerprint density at radius 3 is 2.53 bits per heavy atom. The van der Waals surface area contributed by atoms with Crippen molar-refractivity contribution >= 4 is 6.09 Å². The van der Waals surface area contributed by atoms with Crippen molar-refractivity contribution < 1.29 is 14.6 Å². The molecular formula is C13H25NO3.